The van der Waals surface area contributed by atoms with Gasteiger partial charge in [0.05, 0.1) is 27.8 Å². The van der Waals surface area contributed by atoms with Crippen LogP contribution < -0.4 is 5.32 Å². The van der Waals surface area contributed by atoms with Gasteiger partial charge >= 0.3 is 5.97 Å². The van der Waals surface area contributed by atoms with Crippen molar-refractivity contribution in [1.29, 1.82) is 0 Å². The topological polar surface area (TPSA) is 106 Å². The molecule has 3 amide bonds. The summed E-state index contributed by atoms with van der Waals surface area (Å²) in [7, 11) is 0. The van der Waals surface area contributed by atoms with Crippen LogP contribution in [0.25, 0.3) is 6.08 Å². The third-order valence-corrected chi connectivity index (χ3v) is 5.12. The maximum atomic E-state index is 12.5. The van der Waals surface area contributed by atoms with Crippen molar-refractivity contribution < 1.29 is 23.9 Å². The van der Waals surface area contributed by atoms with E-state index in [2.05, 4.69) is 10.3 Å². The first-order valence-corrected chi connectivity index (χ1v) is 10.0. The average molecular weight is 446 g/mol. The number of carbonyl (C=O) groups is 4. The van der Waals surface area contributed by atoms with E-state index in [0.717, 1.165) is 16.7 Å². The summed E-state index contributed by atoms with van der Waals surface area (Å²) in [6.45, 7) is 1.37. The first kappa shape index (κ1) is 21.5. The first-order valence-electron chi connectivity index (χ1n) is 8.82. The van der Waals surface area contributed by atoms with E-state index in [9.17, 15) is 19.2 Å². The van der Waals surface area contributed by atoms with Gasteiger partial charge in [0.15, 0.2) is 0 Å². The number of esters is 1. The summed E-state index contributed by atoms with van der Waals surface area (Å²) in [6, 6.07) is 9.50. The fourth-order valence-corrected chi connectivity index (χ4v) is 3.56. The Kier molecular flexibility index (Phi) is 6.86. The lowest BCUT2D eigenvalue weighted by Crippen LogP contribution is -2.36. The molecule has 0 saturated carbocycles. The van der Waals surface area contributed by atoms with Gasteiger partial charge in [-0.3, -0.25) is 24.3 Å². The van der Waals surface area contributed by atoms with Crippen molar-refractivity contribution in [3.05, 3.63) is 63.8 Å². The summed E-state index contributed by atoms with van der Waals surface area (Å²) in [6.07, 6.45) is 3.06. The van der Waals surface area contributed by atoms with Crippen LogP contribution in [0.5, 0.6) is 0 Å². The molecule has 0 atom stereocenters. The molecule has 10 heteroatoms. The minimum absolute atomic E-state index is 0.0979. The number of imide groups is 1. The van der Waals surface area contributed by atoms with Gasteiger partial charge in [0.25, 0.3) is 11.1 Å². The zero-order chi connectivity index (χ0) is 21.7. The molecule has 2 aromatic rings. The molecule has 1 aliphatic heterocycles. The average Bonchev–Trinajstić information content (AvgIpc) is 2.97. The molecule has 1 aromatic carbocycles. The summed E-state index contributed by atoms with van der Waals surface area (Å²) in [4.78, 5) is 54.1. The van der Waals surface area contributed by atoms with Crippen molar-refractivity contribution in [2.75, 3.05) is 18.5 Å². The van der Waals surface area contributed by atoms with E-state index >= 15 is 0 Å². The number of halogens is 1. The maximum absolute atomic E-state index is 12.5. The molecule has 8 nitrogen and oxygen atoms in total. The first-order chi connectivity index (χ1) is 14.4. The zero-order valence-electron chi connectivity index (χ0n) is 15.8. The quantitative estimate of drug-likeness (QED) is 0.535. The number of ether oxygens (including phenoxy) is 1. The number of nitrogens with one attached hydrogen (secondary N) is 1. The highest BCUT2D eigenvalue weighted by molar-refractivity contribution is 8.18. The highest BCUT2D eigenvalue weighted by atomic mass is 35.5. The lowest BCUT2D eigenvalue weighted by atomic mass is 10.2. The molecule has 1 aliphatic rings. The lowest BCUT2D eigenvalue weighted by Gasteiger charge is -2.13. The summed E-state index contributed by atoms with van der Waals surface area (Å²) in [5, 5.41) is 2.17. The van der Waals surface area contributed by atoms with Gasteiger partial charge in [-0.05, 0) is 55.1 Å². The molecule has 1 aromatic heterocycles. The van der Waals surface area contributed by atoms with Gasteiger partial charge in [0.2, 0.25) is 5.91 Å². The SMILES string of the molecule is CCOC(=O)c1cc(NC(=O)CN2C(=O)S/C(=C\c3ccccn3)C2=O)ccc1Cl. The molecule has 0 radical (unpaired) electrons. The van der Waals surface area contributed by atoms with Gasteiger partial charge in [-0.1, -0.05) is 17.7 Å². The minimum atomic E-state index is -0.621. The van der Waals surface area contributed by atoms with Gasteiger partial charge < -0.3 is 10.1 Å². The predicted molar refractivity (Wildman–Crippen MR) is 113 cm³/mol. The lowest BCUT2D eigenvalue weighted by molar-refractivity contribution is -0.127. The molecule has 1 fully saturated rings. The van der Waals surface area contributed by atoms with Crippen LogP contribution in [0.15, 0.2) is 47.5 Å². The molecule has 0 aliphatic carbocycles. The molecule has 3 rings (SSSR count). The van der Waals surface area contributed by atoms with Crippen molar-refractivity contribution >= 4 is 58.1 Å². The molecule has 0 bridgehead atoms. The minimum Gasteiger partial charge on any atom is -0.462 e. The van der Waals surface area contributed by atoms with E-state index in [1.807, 2.05) is 0 Å². The van der Waals surface area contributed by atoms with Crippen molar-refractivity contribution in [3.8, 4) is 0 Å². The highest BCUT2D eigenvalue weighted by Crippen LogP contribution is 2.31. The number of aromatic nitrogens is 1. The molecule has 30 heavy (non-hydrogen) atoms. The maximum Gasteiger partial charge on any atom is 0.339 e. The molecule has 2 heterocycles. The van der Waals surface area contributed by atoms with E-state index in [-0.39, 0.29) is 27.8 Å². The van der Waals surface area contributed by atoms with Crippen LogP contribution in [0.1, 0.15) is 23.0 Å². The number of anilines is 1. The van der Waals surface area contributed by atoms with Gasteiger partial charge in [-0.15, -0.1) is 0 Å². The number of amides is 3. The fraction of sp³-hybridized carbons (Fsp3) is 0.150. The Morgan fingerprint density at radius 3 is 2.77 bits per heavy atom. The number of hydrogen-bond donors (Lipinski definition) is 1. The molecule has 0 spiro atoms. The third kappa shape index (κ3) is 5.05. The molecule has 0 unspecified atom stereocenters. The van der Waals surface area contributed by atoms with E-state index < -0.39 is 29.6 Å². The molecular formula is C20H16ClN3O5S. The number of rotatable bonds is 6. The second kappa shape index (κ2) is 9.55. The van der Waals surface area contributed by atoms with Crippen LogP contribution >= 0.6 is 23.4 Å². The second-order valence-electron chi connectivity index (χ2n) is 5.99. The van der Waals surface area contributed by atoms with E-state index in [1.165, 1.54) is 24.3 Å². The van der Waals surface area contributed by atoms with E-state index in [4.69, 9.17) is 16.3 Å². The molecular weight excluding hydrogens is 430 g/mol. The Hall–Kier alpha value is -3.17. The Labute approximate surface area is 181 Å². The Morgan fingerprint density at radius 2 is 2.07 bits per heavy atom. The summed E-state index contributed by atoms with van der Waals surface area (Å²) in [5.41, 5.74) is 0.907. The summed E-state index contributed by atoms with van der Waals surface area (Å²) < 4.78 is 4.92. The monoisotopic (exact) mass is 445 g/mol. The normalized spacial score (nSPS) is 14.9. The number of benzene rings is 1. The zero-order valence-corrected chi connectivity index (χ0v) is 17.3. The smallest absolute Gasteiger partial charge is 0.339 e. The Morgan fingerprint density at radius 1 is 1.27 bits per heavy atom. The van der Waals surface area contributed by atoms with Crippen LogP contribution in [-0.2, 0) is 14.3 Å². The van der Waals surface area contributed by atoms with E-state index in [1.54, 1.807) is 31.3 Å². The number of pyridine rings is 1. The molecule has 1 N–H and O–H groups in total. The van der Waals surface area contributed by atoms with Crippen LogP contribution in [0.2, 0.25) is 5.02 Å². The van der Waals surface area contributed by atoms with E-state index in [0.29, 0.717) is 5.69 Å². The summed E-state index contributed by atoms with van der Waals surface area (Å²) in [5.74, 6) is -1.80. The van der Waals surface area contributed by atoms with Crippen molar-refractivity contribution in [2.45, 2.75) is 6.92 Å². The standard InChI is InChI=1S/C20H16ClN3O5S/c1-2-29-19(27)14-9-13(6-7-15(14)21)23-17(25)11-24-18(26)16(30-20(24)28)10-12-5-3-4-8-22-12/h3-10H,2,11H2,1H3,(H,23,25)/b16-10-. The van der Waals surface area contributed by atoms with Crippen LogP contribution in [0, 0.1) is 0 Å². The Bertz CT molecular complexity index is 1040. The number of nitrogens with zero attached hydrogens (tertiary/aromatic N) is 2. The molecule has 1 saturated heterocycles. The van der Waals surface area contributed by atoms with Crippen molar-refractivity contribution in [1.82, 2.24) is 9.88 Å². The molecule has 154 valence electrons. The number of thioether (sulfide) groups is 1. The van der Waals surface area contributed by atoms with Gasteiger partial charge in [0.1, 0.15) is 6.54 Å². The van der Waals surface area contributed by atoms with Crippen LogP contribution in [0.4, 0.5) is 10.5 Å². The summed E-state index contributed by atoms with van der Waals surface area (Å²) >= 11 is 6.74. The third-order valence-electron chi connectivity index (χ3n) is 3.89. The van der Waals surface area contributed by atoms with Crippen LogP contribution in [-0.4, -0.2) is 46.1 Å². The Balaban J connectivity index is 1.68. The predicted octanol–water partition coefficient (Wildman–Crippen LogP) is 3.59. The highest BCUT2D eigenvalue weighted by Gasteiger charge is 2.36. The van der Waals surface area contributed by atoms with Crippen molar-refractivity contribution in [3.63, 3.8) is 0 Å². The van der Waals surface area contributed by atoms with Gasteiger partial charge in [0, 0.05) is 11.9 Å². The second-order valence-corrected chi connectivity index (χ2v) is 7.39. The number of carbonyl (C=O) groups excluding carboxylic acids is 4. The number of hydrogen-bond acceptors (Lipinski definition) is 7. The van der Waals surface area contributed by atoms with Crippen LogP contribution in [0.3, 0.4) is 0 Å². The van der Waals surface area contributed by atoms with Gasteiger partial charge in [-0.2, -0.15) is 0 Å². The van der Waals surface area contributed by atoms with Gasteiger partial charge in [-0.25, -0.2) is 4.79 Å². The largest absolute Gasteiger partial charge is 0.462 e. The van der Waals surface area contributed by atoms with Crippen molar-refractivity contribution in [2.24, 2.45) is 0 Å². The fourth-order valence-electron chi connectivity index (χ4n) is 2.54.